The fourth-order valence-corrected chi connectivity index (χ4v) is 5.70. The second-order valence-electron chi connectivity index (χ2n) is 12.1. The van der Waals surface area contributed by atoms with Gasteiger partial charge in [0.2, 0.25) is 23.6 Å². The van der Waals surface area contributed by atoms with Gasteiger partial charge in [0.1, 0.15) is 12.1 Å². The first-order valence-electron chi connectivity index (χ1n) is 15.3. The Bertz CT molecular complexity index is 980. The van der Waals surface area contributed by atoms with Gasteiger partial charge in [-0.2, -0.15) is 0 Å². The number of carbonyl (C=O) groups is 4. The number of amides is 4. The molecule has 1 saturated carbocycles. The fourth-order valence-electron chi connectivity index (χ4n) is 5.70. The highest BCUT2D eigenvalue weighted by Gasteiger charge is 2.35. The Morgan fingerprint density at radius 3 is 1.93 bits per heavy atom. The standard InChI is InChI=1S/C32H52N4O5/c1-7-21(4)30(34-23(6)38)32(41)35-26(25-16-12-9-13-17-25)19-28(39)27(18-24-14-10-8-11-15-24)36-31(40)29(20(2)3)33-22(5)37/h8,10-11,14-15,20-21,25-30,39H,7,9,12-13,16-19H2,1-6H3,(H,33,37)(H,34,38)(H,35,41)(H,36,40)/t21?,26?,27?,28-,29-,30-/m0/s1. The number of aliphatic hydroxyl groups is 1. The van der Waals surface area contributed by atoms with Crippen molar-refractivity contribution in [2.45, 2.75) is 123 Å². The lowest BCUT2D eigenvalue weighted by atomic mass is 9.80. The van der Waals surface area contributed by atoms with Crippen molar-refractivity contribution in [3.63, 3.8) is 0 Å². The normalized spacial score (nSPS) is 18.3. The Morgan fingerprint density at radius 2 is 1.39 bits per heavy atom. The molecule has 230 valence electrons. The molecule has 0 aliphatic heterocycles. The van der Waals surface area contributed by atoms with Crippen molar-refractivity contribution in [2.24, 2.45) is 17.8 Å². The molecule has 1 fully saturated rings. The van der Waals surface area contributed by atoms with Gasteiger partial charge in [0.25, 0.3) is 0 Å². The summed E-state index contributed by atoms with van der Waals surface area (Å²) in [6.07, 6.45) is 5.58. The lowest BCUT2D eigenvalue weighted by molar-refractivity contribution is -0.131. The summed E-state index contributed by atoms with van der Waals surface area (Å²) in [6.45, 7) is 10.4. The maximum Gasteiger partial charge on any atom is 0.243 e. The van der Waals surface area contributed by atoms with E-state index in [0.717, 1.165) is 44.1 Å². The molecule has 1 aliphatic carbocycles. The molecule has 0 saturated heterocycles. The van der Waals surface area contributed by atoms with Gasteiger partial charge in [-0.05, 0) is 49.0 Å². The molecular formula is C32H52N4O5. The smallest absolute Gasteiger partial charge is 0.243 e. The van der Waals surface area contributed by atoms with Gasteiger partial charge in [-0.3, -0.25) is 19.2 Å². The summed E-state index contributed by atoms with van der Waals surface area (Å²) in [5.41, 5.74) is 0.957. The van der Waals surface area contributed by atoms with E-state index in [-0.39, 0.29) is 53.8 Å². The lowest BCUT2D eigenvalue weighted by Crippen LogP contribution is -2.57. The molecule has 0 spiro atoms. The third-order valence-corrected chi connectivity index (χ3v) is 8.29. The second-order valence-corrected chi connectivity index (χ2v) is 12.1. The van der Waals surface area contributed by atoms with Gasteiger partial charge in [0.05, 0.1) is 12.1 Å². The summed E-state index contributed by atoms with van der Waals surface area (Å²) in [4.78, 5) is 50.5. The molecule has 0 aromatic heterocycles. The number of benzene rings is 1. The average molecular weight is 573 g/mol. The Labute approximate surface area is 246 Å². The van der Waals surface area contributed by atoms with Gasteiger partial charge in [-0.1, -0.05) is 83.7 Å². The van der Waals surface area contributed by atoms with Crippen molar-refractivity contribution in [1.82, 2.24) is 21.3 Å². The van der Waals surface area contributed by atoms with E-state index in [1.54, 1.807) is 0 Å². The van der Waals surface area contributed by atoms with E-state index in [9.17, 15) is 24.3 Å². The van der Waals surface area contributed by atoms with Crippen LogP contribution in [0.5, 0.6) is 0 Å². The van der Waals surface area contributed by atoms with Gasteiger partial charge >= 0.3 is 0 Å². The van der Waals surface area contributed by atoms with Crippen LogP contribution in [0.4, 0.5) is 0 Å². The molecule has 1 aromatic rings. The molecule has 0 bridgehead atoms. The van der Waals surface area contributed by atoms with Crippen LogP contribution >= 0.6 is 0 Å². The van der Waals surface area contributed by atoms with E-state index >= 15 is 0 Å². The maximum absolute atomic E-state index is 13.5. The Morgan fingerprint density at radius 1 is 0.829 bits per heavy atom. The fraction of sp³-hybridized carbons (Fsp3) is 0.688. The minimum Gasteiger partial charge on any atom is -0.391 e. The van der Waals surface area contributed by atoms with E-state index in [4.69, 9.17) is 0 Å². The zero-order chi connectivity index (χ0) is 30.5. The average Bonchev–Trinajstić information content (AvgIpc) is 2.94. The van der Waals surface area contributed by atoms with Crippen LogP contribution in [0, 0.1) is 17.8 Å². The predicted octanol–water partition coefficient (Wildman–Crippen LogP) is 3.24. The summed E-state index contributed by atoms with van der Waals surface area (Å²) in [6, 6.07) is 7.29. The maximum atomic E-state index is 13.5. The summed E-state index contributed by atoms with van der Waals surface area (Å²) in [5.74, 6) is -1.16. The number of carbonyl (C=O) groups excluding carboxylic acids is 4. The highest BCUT2D eigenvalue weighted by Crippen LogP contribution is 2.29. The first-order valence-corrected chi connectivity index (χ1v) is 15.3. The van der Waals surface area contributed by atoms with Crippen molar-refractivity contribution in [3.8, 4) is 0 Å². The van der Waals surface area contributed by atoms with Gasteiger partial charge in [0.15, 0.2) is 0 Å². The van der Waals surface area contributed by atoms with Crippen molar-refractivity contribution >= 4 is 23.6 Å². The second kappa shape index (κ2) is 17.1. The van der Waals surface area contributed by atoms with E-state index in [0.29, 0.717) is 6.42 Å². The van der Waals surface area contributed by atoms with Crippen LogP contribution in [0.2, 0.25) is 0 Å². The predicted molar refractivity (Wildman–Crippen MR) is 161 cm³/mol. The molecule has 41 heavy (non-hydrogen) atoms. The van der Waals surface area contributed by atoms with Crippen LogP contribution in [0.25, 0.3) is 0 Å². The number of hydrogen-bond acceptors (Lipinski definition) is 5. The molecule has 3 unspecified atom stereocenters. The molecule has 1 aromatic carbocycles. The summed E-state index contributed by atoms with van der Waals surface area (Å²) in [7, 11) is 0. The van der Waals surface area contributed by atoms with Gasteiger partial charge in [-0.15, -0.1) is 0 Å². The molecule has 5 N–H and O–H groups in total. The van der Waals surface area contributed by atoms with Gasteiger partial charge in [0, 0.05) is 19.9 Å². The Balaban J connectivity index is 2.32. The molecule has 4 amide bonds. The first kappa shape index (κ1) is 34.3. The number of aliphatic hydroxyl groups excluding tert-OH is 1. The lowest BCUT2D eigenvalue weighted by Gasteiger charge is -2.36. The third-order valence-electron chi connectivity index (χ3n) is 8.29. The molecule has 9 nitrogen and oxygen atoms in total. The Hall–Kier alpha value is -2.94. The van der Waals surface area contributed by atoms with Crippen LogP contribution in [0.15, 0.2) is 30.3 Å². The molecule has 2 rings (SSSR count). The molecule has 9 heteroatoms. The van der Waals surface area contributed by atoms with Crippen LogP contribution in [-0.2, 0) is 25.6 Å². The summed E-state index contributed by atoms with van der Waals surface area (Å²) < 4.78 is 0. The van der Waals surface area contributed by atoms with Crippen molar-refractivity contribution in [3.05, 3.63) is 35.9 Å². The minimum absolute atomic E-state index is 0.0531. The van der Waals surface area contributed by atoms with Crippen molar-refractivity contribution in [2.75, 3.05) is 0 Å². The third kappa shape index (κ3) is 11.5. The number of rotatable bonds is 15. The van der Waals surface area contributed by atoms with E-state index in [1.165, 1.54) is 13.8 Å². The highest BCUT2D eigenvalue weighted by atomic mass is 16.3. The topological polar surface area (TPSA) is 137 Å². The monoisotopic (exact) mass is 572 g/mol. The largest absolute Gasteiger partial charge is 0.391 e. The van der Waals surface area contributed by atoms with Crippen LogP contribution < -0.4 is 21.3 Å². The van der Waals surface area contributed by atoms with Crippen LogP contribution in [0.1, 0.15) is 92.1 Å². The van der Waals surface area contributed by atoms with Crippen LogP contribution in [-0.4, -0.2) is 59.0 Å². The van der Waals surface area contributed by atoms with Gasteiger partial charge in [-0.25, -0.2) is 0 Å². The summed E-state index contributed by atoms with van der Waals surface area (Å²) >= 11 is 0. The zero-order valence-electron chi connectivity index (χ0n) is 25.7. The van der Waals surface area contributed by atoms with Gasteiger partial charge < -0.3 is 26.4 Å². The van der Waals surface area contributed by atoms with Crippen molar-refractivity contribution < 1.29 is 24.3 Å². The quantitative estimate of drug-likeness (QED) is 0.220. The number of nitrogens with one attached hydrogen (secondary N) is 4. The molecule has 0 heterocycles. The minimum atomic E-state index is -0.959. The molecular weight excluding hydrogens is 520 g/mol. The van der Waals surface area contributed by atoms with Crippen LogP contribution in [0.3, 0.4) is 0 Å². The number of hydrogen-bond donors (Lipinski definition) is 5. The summed E-state index contributed by atoms with van der Waals surface area (Å²) in [5, 5.41) is 23.4. The van der Waals surface area contributed by atoms with E-state index in [2.05, 4.69) is 21.3 Å². The molecule has 6 atom stereocenters. The highest BCUT2D eigenvalue weighted by molar-refractivity contribution is 5.88. The first-order chi connectivity index (χ1) is 19.4. The van der Waals surface area contributed by atoms with E-state index < -0.39 is 24.2 Å². The van der Waals surface area contributed by atoms with Crippen molar-refractivity contribution in [1.29, 1.82) is 0 Å². The SMILES string of the molecule is CCC(C)[C@H](NC(C)=O)C(=O)NC(C[C@H](O)C(Cc1ccccc1)NC(=O)[C@@H](NC(C)=O)C(C)C)C1CCCCC1. The molecule has 0 radical (unpaired) electrons. The van der Waals surface area contributed by atoms with E-state index in [1.807, 2.05) is 58.0 Å². The zero-order valence-corrected chi connectivity index (χ0v) is 25.7. The Kier molecular flexibility index (Phi) is 14.3. The molecule has 1 aliphatic rings.